The molecule has 0 saturated heterocycles. The average molecular weight is 410 g/mol. The summed E-state index contributed by atoms with van der Waals surface area (Å²) in [4.78, 5) is 25.4. The number of nitrogens with one attached hydrogen (secondary N) is 2. The minimum absolute atomic E-state index is 0.332. The SMILES string of the molecule is CN(C)C(=O)Oc1ccc2c(c1-c1c(OC(N)=O)ccc3c1NCCC3)NCCC2. The molecule has 0 fully saturated rings. The highest BCUT2D eigenvalue weighted by Crippen LogP contribution is 2.50. The van der Waals surface area contributed by atoms with E-state index in [0.717, 1.165) is 61.3 Å². The third kappa shape index (κ3) is 3.72. The smallest absolute Gasteiger partial charge is 0.410 e. The van der Waals surface area contributed by atoms with Gasteiger partial charge in [-0.15, -0.1) is 0 Å². The fraction of sp³-hybridized carbons (Fsp3) is 0.364. The minimum atomic E-state index is -0.892. The summed E-state index contributed by atoms with van der Waals surface area (Å²) in [5, 5.41) is 6.90. The highest BCUT2D eigenvalue weighted by Gasteiger charge is 2.28. The summed E-state index contributed by atoms with van der Waals surface area (Å²) in [6.45, 7) is 1.61. The first-order chi connectivity index (χ1) is 14.5. The molecule has 8 nitrogen and oxygen atoms in total. The minimum Gasteiger partial charge on any atom is -0.410 e. The number of nitrogens with zero attached hydrogens (tertiary/aromatic N) is 1. The van der Waals surface area contributed by atoms with E-state index >= 15 is 0 Å². The standard InChI is InChI=1S/C22H26N4O4/c1-26(2)22(28)30-16-10-8-14-6-4-12-25-20(14)18(16)17-15(29-21(23)27)9-7-13-5-3-11-24-19(13)17/h7-10,24-25H,3-6,11-12H2,1-2H3,(H2,23,27). The Hall–Kier alpha value is -3.42. The molecule has 4 rings (SSSR count). The first-order valence-corrected chi connectivity index (χ1v) is 10.1. The van der Waals surface area contributed by atoms with Crippen LogP contribution in [0.1, 0.15) is 24.0 Å². The van der Waals surface area contributed by atoms with E-state index in [9.17, 15) is 9.59 Å². The predicted octanol–water partition coefficient (Wildman–Crippen LogP) is 3.59. The molecule has 2 aliphatic rings. The lowest BCUT2D eigenvalue weighted by molar-refractivity contribution is 0.172. The van der Waals surface area contributed by atoms with Gasteiger partial charge in [0.25, 0.3) is 0 Å². The lowest BCUT2D eigenvalue weighted by Gasteiger charge is -2.28. The summed E-state index contributed by atoms with van der Waals surface area (Å²) in [6, 6.07) is 7.48. The maximum atomic E-state index is 12.4. The molecular weight excluding hydrogens is 384 g/mol. The number of benzene rings is 2. The molecule has 2 amide bonds. The van der Waals surface area contributed by atoms with Gasteiger partial charge in [-0.25, -0.2) is 9.59 Å². The van der Waals surface area contributed by atoms with Gasteiger partial charge in [0.1, 0.15) is 11.5 Å². The van der Waals surface area contributed by atoms with Crippen LogP contribution < -0.4 is 25.8 Å². The molecule has 0 radical (unpaired) electrons. The normalized spacial score (nSPS) is 14.5. The van der Waals surface area contributed by atoms with Crippen LogP contribution in [0.3, 0.4) is 0 Å². The van der Waals surface area contributed by atoms with Gasteiger partial charge in [-0.05, 0) is 48.9 Å². The molecule has 2 aromatic carbocycles. The molecule has 0 spiro atoms. The number of carbonyl (C=O) groups excluding carboxylic acids is 2. The molecule has 158 valence electrons. The number of carbonyl (C=O) groups is 2. The van der Waals surface area contributed by atoms with Crippen LogP contribution in [0, 0.1) is 0 Å². The Balaban J connectivity index is 1.98. The third-order valence-corrected chi connectivity index (χ3v) is 5.38. The zero-order valence-corrected chi connectivity index (χ0v) is 17.2. The quantitative estimate of drug-likeness (QED) is 0.714. The second-order valence-corrected chi connectivity index (χ2v) is 7.69. The Labute approximate surface area is 175 Å². The van der Waals surface area contributed by atoms with Crippen molar-refractivity contribution < 1.29 is 19.1 Å². The summed E-state index contributed by atoms with van der Waals surface area (Å²) in [7, 11) is 3.26. The van der Waals surface area contributed by atoms with Crippen molar-refractivity contribution in [3.05, 3.63) is 35.4 Å². The van der Waals surface area contributed by atoms with Crippen LogP contribution in [0.5, 0.6) is 11.5 Å². The molecule has 0 atom stereocenters. The fourth-order valence-corrected chi connectivity index (χ4v) is 4.02. The van der Waals surface area contributed by atoms with Crippen LogP contribution in [0.15, 0.2) is 24.3 Å². The Morgan fingerprint density at radius 3 is 1.83 bits per heavy atom. The Morgan fingerprint density at radius 2 is 1.37 bits per heavy atom. The molecule has 0 bridgehead atoms. The maximum absolute atomic E-state index is 12.4. The van der Waals surface area contributed by atoms with E-state index < -0.39 is 12.2 Å². The lowest BCUT2D eigenvalue weighted by Crippen LogP contribution is -2.26. The van der Waals surface area contributed by atoms with E-state index in [1.165, 1.54) is 4.90 Å². The number of fused-ring (bicyclic) bond motifs is 2. The molecule has 2 aromatic rings. The number of rotatable bonds is 3. The van der Waals surface area contributed by atoms with Gasteiger partial charge in [-0.1, -0.05) is 12.1 Å². The van der Waals surface area contributed by atoms with E-state index in [4.69, 9.17) is 15.2 Å². The van der Waals surface area contributed by atoms with Gasteiger partial charge in [0.15, 0.2) is 0 Å². The molecule has 30 heavy (non-hydrogen) atoms. The number of hydrogen-bond donors (Lipinski definition) is 3. The number of ether oxygens (including phenoxy) is 2. The molecule has 0 saturated carbocycles. The summed E-state index contributed by atoms with van der Waals surface area (Å²) >= 11 is 0. The van der Waals surface area contributed by atoms with E-state index in [1.54, 1.807) is 26.2 Å². The summed E-state index contributed by atoms with van der Waals surface area (Å²) in [5.41, 5.74) is 10.7. The van der Waals surface area contributed by atoms with Crippen molar-refractivity contribution in [3.8, 4) is 22.6 Å². The average Bonchev–Trinajstić information content (AvgIpc) is 2.73. The molecule has 4 N–H and O–H groups in total. The van der Waals surface area contributed by atoms with Crippen LogP contribution in [0.2, 0.25) is 0 Å². The van der Waals surface area contributed by atoms with Crippen LogP contribution >= 0.6 is 0 Å². The van der Waals surface area contributed by atoms with Crippen LogP contribution in [0.4, 0.5) is 21.0 Å². The number of aryl methyl sites for hydroxylation is 2. The lowest BCUT2D eigenvalue weighted by atomic mass is 9.89. The van der Waals surface area contributed by atoms with Gasteiger partial charge in [0, 0.05) is 38.6 Å². The van der Waals surface area contributed by atoms with Gasteiger partial charge < -0.3 is 30.7 Å². The second-order valence-electron chi connectivity index (χ2n) is 7.69. The number of anilines is 2. The zero-order chi connectivity index (χ0) is 21.3. The van der Waals surface area contributed by atoms with Gasteiger partial charge in [-0.2, -0.15) is 0 Å². The molecule has 0 aromatic heterocycles. The Morgan fingerprint density at radius 1 is 0.867 bits per heavy atom. The van der Waals surface area contributed by atoms with Gasteiger partial charge >= 0.3 is 12.2 Å². The first kappa shape index (κ1) is 19.9. The summed E-state index contributed by atoms with van der Waals surface area (Å²) < 4.78 is 11.1. The largest absolute Gasteiger partial charge is 0.414 e. The molecular formula is C22H26N4O4. The molecule has 0 unspecified atom stereocenters. The van der Waals surface area contributed by atoms with Gasteiger partial charge in [0.05, 0.1) is 11.1 Å². The van der Waals surface area contributed by atoms with E-state index in [-0.39, 0.29) is 0 Å². The van der Waals surface area contributed by atoms with Crippen LogP contribution in [-0.4, -0.2) is 44.3 Å². The van der Waals surface area contributed by atoms with E-state index in [2.05, 4.69) is 10.6 Å². The van der Waals surface area contributed by atoms with Crippen molar-refractivity contribution >= 4 is 23.6 Å². The van der Waals surface area contributed by atoms with Crippen LogP contribution in [0.25, 0.3) is 11.1 Å². The zero-order valence-electron chi connectivity index (χ0n) is 17.2. The molecule has 0 aliphatic carbocycles. The number of nitrogens with two attached hydrogens (primary N) is 1. The number of amides is 2. The maximum Gasteiger partial charge on any atom is 0.414 e. The van der Waals surface area contributed by atoms with Crippen molar-refractivity contribution in [3.63, 3.8) is 0 Å². The van der Waals surface area contributed by atoms with Gasteiger partial charge in [-0.3, -0.25) is 0 Å². The Kier molecular flexibility index (Phi) is 5.39. The van der Waals surface area contributed by atoms with Crippen LogP contribution in [-0.2, 0) is 12.8 Å². The Bertz CT molecular complexity index is 1000. The van der Waals surface area contributed by atoms with Crippen molar-refractivity contribution in [1.29, 1.82) is 0 Å². The van der Waals surface area contributed by atoms with E-state index in [0.29, 0.717) is 22.6 Å². The van der Waals surface area contributed by atoms with Crippen molar-refractivity contribution in [2.24, 2.45) is 5.73 Å². The second kappa shape index (κ2) is 8.14. The number of primary amides is 1. The monoisotopic (exact) mass is 410 g/mol. The molecule has 2 heterocycles. The number of hydrogen-bond acceptors (Lipinski definition) is 6. The predicted molar refractivity (Wildman–Crippen MR) is 115 cm³/mol. The fourth-order valence-electron chi connectivity index (χ4n) is 4.02. The molecule has 8 heteroatoms. The summed E-state index contributed by atoms with van der Waals surface area (Å²) in [5.74, 6) is 0.732. The first-order valence-electron chi connectivity index (χ1n) is 10.1. The summed E-state index contributed by atoms with van der Waals surface area (Å²) in [6.07, 6.45) is 2.46. The van der Waals surface area contributed by atoms with Gasteiger partial charge in [0.2, 0.25) is 0 Å². The molecule has 2 aliphatic heterocycles. The topological polar surface area (TPSA) is 106 Å². The highest BCUT2D eigenvalue weighted by atomic mass is 16.6. The van der Waals surface area contributed by atoms with E-state index in [1.807, 2.05) is 12.1 Å². The highest BCUT2D eigenvalue weighted by molar-refractivity contribution is 5.98. The van der Waals surface area contributed by atoms with Crippen molar-refractivity contribution in [2.75, 3.05) is 37.8 Å². The van der Waals surface area contributed by atoms with Crippen molar-refractivity contribution in [2.45, 2.75) is 25.7 Å². The van der Waals surface area contributed by atoms with Crippen molar-refractivity contribution in [1.82, 2.24) is 4.90 Å². The third-order valence-electron chi connectivity index (χ3n) is 5.38.